The molecule has 0 amide bonds. The predicted molar refractivity (Wildman–Crippen MR) is 91.8 cm³/mol. The predicted octanol–water partition coefficient (Wildman–Crippen LogP) is 3.84. The fraction of sp³-hybridized carbons (Fsp3) is 0.316. The van der Waals surface area contributed by atoms with Crippen molar-refractivity contribution in [1.29, 1.82) is 0 Å². The van der Waals surface area contributed by atoms with Crippen molar-refractivity contribution in [2.24, 2.45) is 0 Å². The first kappa shape index (κ1) is 17.0. The zero-order valence-electron chi connectivity index (χ0n) is 13.7. The molecule has 1 atom stereocenters. The summed E-state index contributed by atoms with van der Waals surface area (Å²) < 4.78 is 10.8. The standard InChI is InChI=1S/C19H22O4/c1-14(2)5-4-10-19(3,21)11-12-22-16-8-6-15-7-9-18(20)23-17(15)13-16/h4-10,13,21H,11-12H2,1-3H3. The molecule has 4 heteroatoms. The van der Waals surface area contributed by atoms with Crippen LogP contribution in [-0.2, 0) is 0 Å². The Morgan fingerprint density at radius 3 is 2.78 bits per heavy atom. The third kappa shape index (κ3) is 5.42. The van der Waals surface area contributed by atoms with Crippen molar-refractivity contribution >= 4 is 11.0 Å². The van der Waals surface area contributed by atoms with Gasteiger partial charge in [0.1, 0.15) is 11.3 Å². The van der Waals surface area contributed by atoms with E-state index in [1.165, 1.54) is 11.6 Å². The maximum Gasteiger partial charge on any atom is 0.336 e. The van der Waals surface area contributed by atoms with Gasteiger partial charge in [0, 0.05) is 23.9 Å². The van der Waals surface area contributed by atoms with Crippen LogP contribution in [0.5, 0.6) is 5.75 Å². The SMILES string of the molecule is CC(C)=CC=CC(C)(O)CCOc1ccc2ccc(=O)oc2c1. The maximum absolute atomic E-state index is 11.2. The lowest BCUT2D eigenvalue weighted by Gasteiger charge is -2.19. The highest BCUT2D eigenvalue weighted by atomic mass is 16.5. The molecule has 4 nitrogen and oxygen atoms in total. The van der Waals surface area contributed by atoms with Gasteiger partial charge < -0.3 is 14.3 Å². The summed E-state index contributed by atoms with van der Waals surface area (Å²) in [4.78, 5) is 11.2. The second-order valence-corrected chi connectivity index (χ2v) is 6.01. The molecule has 0 saturated heterocycles. The number of aliphatic hydroxyl groups is 1. The molecule has 0 aliphatic carbocycles. The van der Waals surface area contributed by atoms with Crippen LogP contribution in [0.15, 0.2) is 63.3 Å². The molecule has 23 heavy (non-hydrogen) atoms. The van der Waals surface area contributed by atoms with Crippen LogP contribution < -0.4 is 10.4 Å². The summed E-state index contributed by atoms with van der Waals surface area (Å²) in [5, 5.41) is 11.1. The Labute approximate surface area is 135 Å². The van der Waals surface area contributed by atoms with Crippen LogP contribution in [0.3, 0.4) is 0 Å². The Morgan fingerprint density at radius 1 is 1.30 bits per heavy atom. The van der Waals surface area contributed by atoms with Crippen LogP contribution in [0, 0.1) is 0 Å². The van der Waals surface area contributed by atoms with Crippen LogP contribution in [0.2, 0.25) is 0 Å². The van der Waals surface area contributed by atoms with Gasteiger partial charge in [0.2, 0.25) is 0 Å². The number of rotatable bonds is 6. The molecule has 2 rings (SSSR count). The number of benzene rings is 1. The summed E-state index contributed by atoms with van der Waals surface area (Å²) in [7, 11) is 0. The molecule has 0 bridgehead atoms. The van der Waals surface area contributed by atoms with E-state index in [-0.39, 0.29) is 5.63 Å². The average Bonchev–Trinajstić information content (AvgIpc) is 2.46. The molecule has 0 aliphatic rings. The van der Waals surface area contributed by atoms with E-state index in [2.05, 4.69) is 0 Å². The fourth-order valence-corrected chi connectivity index (χ4v) is 2.04. The van der Waals surface area contributed by atoms with Crippen LogP contribution in [-0.4, -0.2) is 17.3 Å². The number of ether oxygens (including phenoxy) is 1. The molecule has 2 aromatic rings. The summed E-state index contributed by atoms with van der Waals surface area (Å²) in [5.74, 6) is 0.607. The maximum atomic E-state index is 11.2. The van der Waals surface area contributed by atoms with Gasteiger partial charge >= 0.3 is 5.63 Å². The third-order valence-electron chi connectivity index (χ3n) is 3.36. The summed E-state index contributed by atoms with van der Waals surface area (Å²) >= 11 is 0. The lowest BCUT2D eigenvalue weighted by Crippen LogP contribution is -2.23. The molecule has 1 aromatic heterocycles. The van der Waals surface area contributed by atoms with E-state index in [9.17, 15) is 9.90 Å². The number of hydrogen-bond donors (Lipinski definition) is 1. The van der Waals surface area contributed by atoms with Crippen molar-refractivity contribution in [3.63, 3.8) is 0 Å². The van der Waals surface area contributed by atoms with E-state index in [1.807, 2.05) is 38.1 Å². The smallest absolute Gasteiger partial charge is 0.336 e. The second kappa shape index (κ2) is 7.29. The van der Waals surface area contributed by atoms with Gasteiger partial charge in [-0.3, -0.25) is 0 Å². The van der Waals surface area contributed by atoms with Crippen molar-refractivity contribution in [2.45, 2.75) is 32.8 Å². The second-order valence-electron chi connectivity index (χ2n) is 6.01. The minimum Gasteiger partial charge on any atom is -0.493 e. The first-order valence-electron chi connectivity index (χ1n) is 7.58. The van der Waals surface area contributed by atoms with Gasteiger partial charge in [0.15, 0.2) is 0 Å². The summed E-state index contributed by atoms with van der Waals surface area (Å²) in [5.41, 5.74) is 0.341. The Balaban J connectivity index is 1.97. The molecule has 1 N–H and O–H groups in total. The minimum atomic E-state index is -0.935. The van der Waals surface area contributed by atoms with Crippen molar-refractivity contribution in [3.05, 3.63) is 64.6 Å². The largest absolute Gasteiger partial charge is 0.493 e. The monoisotopic (exact) mass is 314 g/mol. The van der Waals surface area contributed by atoms with E-state index in [1.54, 1.807) is 25.1 Å². The average molecular weight is 314 g/mol. The lowest BCUT2D eigenvalue weighted by atomic mass is 10.0. The highest BCUT2D eigenvalue weighted by molar-refractivity contribution is 5.77. The van der Waals surface area contributed by atoms with Gasteiger partial charge in [-0.05, 0) is 39.0 Å². The van der Waals surface area contributed by atoms with Crippen LogP contribution in [0.1, 0.15) is 27.2 Å². The van der Waals surface area contributed by atoms with Gasteiger partial charge in [-0.2, -0.15) is 0 Å². The number of fused-ring (bicyclic) bond motifs is 1. The first-order chi connectivity index (χ1) is 10.9. The van der Waals surface area contributed by atoms with Gasteiger partial charge in [0.05, 0.1) is 12.2 Å². The fourth-order valence-electron chi connectivity index (χ4n) is 2.04. The van der Waals surface area contributed by atoms with Crippen LogP contribution in [0.4, 0.5) is 0 Å². The Hall–Kier alpha value is -2.33. The summed E-state index contributed by atoms with van der Waals surface area (Å²) in [6.07, 6.45) is 6.00. The van der Waals surface area contributed by atoms with E-state index in [4.69, 9.17) is 9.15 Å². The van der Waals surface area contributed by atoms with Crippen molar-refractivity contribution in [2.75, 3.05) is 6.61 Å². The molecule has 0 spiro atoms. The molecule has 1 aromatic carbocycles. The van der Waals surface area contributed by atoms with Crippen molar-refractivity contribution < 1.29 is 14.3 Å². The molecule has 1 heterocycles. The normalized spacial score (nSPS) is 13.9. The number of allylic oxidation sites excluding steroid dienone is 3. The van der Waals surface area contributed by atoms with Crippen molar-refractivity contribution in [1.82, 2.24) is 0 Å². The molecule has 122 valence electrons. The first-order valence-corrected chi connectivity index (χ1v) is 7.58. The highest BCUT2D eigenvalue weighted by Crippen LogP contribution is 2.20. The topological polar surface area (TPSA) is 59.7 Å². The van der Waals surface area contributed by atoms with E-state index in [0.29, 0.717) is 24.4 Å². The Kier molecular flexibility index (Phi) is 5.40. The van der Waals surface area contributed by atoms with Gasteiger partial charge in [-0.15, -0.1) is 0 Å². The quantitative estimate of drug-likeness (QED) is 0.650. The molecule has 1 unspecified atom stereocenters. The van der Waals surface area contributed by atoms with E-state index < -0.39 is 5.60 Å². The zero-order valence-corrected chi connectivity index (χ0v) is 13.7. The summed E-state index contributed by atoms with van der Waals surface area (Å²) in [6.45, 7) is 6.10. The van der Waals surface area contributed by atoms with Gasteiger partial charge in [-0.1, -0.05) is 23.8 Å². The van der Waals surface area contributed by atoms with E-state index >= 15 is 0 Å². The molecule has 0 radical (unpaired) electrons. The number of hydrogen-bond acceptors (Lipinski definition) is 4. The Morgan fingerprint density at radius 2 is 2.04 bits per heavy atom. The van der Waals surface area contributed by atoms with Gasteiger partial charge in [-0.25, -0.2) is 4.79 Å². The molecule has 0 saturated carbocycles. The highest BCUT2D eigenvalue weighted by Gasteiger charge is 2.15. The van der Waals surface area contributed by atoms with Crippen LogP contribution >= 0.6 is 0 Å². The Bertz CT molecular complexity index is 777. The molecular formula is C19H22O4. The molecule has 0 aliphatic heterocycles. The van der Waals surface area contributed by atoms with Crippen LogP contribution in [0.25, 0.3) is 11.0 Å². The van der Waals surface area contributed by atoms with Gasteiger partial charge in [0.25, 0.3) is 0 Å². The third-order valence-corrected chi connectivity index (χ3v) is 3.36. The zero-order chi connectivity index (χ0) is 16.9. The van der Waals surface area contributed by atoms with E-state index in [0.717, 1.165) is 5.39 Å². The molecular weight excluding hydrogens is 292 g/mol. The lowest BCUT2D eigenvalue weighted by molar-refractivity contribution is 0.0833. The minimum absolute atomic E-state index is 0.356. The molecule has 0 fully saturated rings. The van der Waals surface area contributed by atoms with Crippen molar-refractivity contribution in [3.8, 4) is 5.75 Å². The summed E-state index contributed by atoms with van der Waals surface area (Å²) in [6, 6.07) is 8.43.